The zero-order valence-electron chi connectivity index (χ0n) is 19.0. The number of halogens is 1. The van der Waals surface area contributed by atoms with Crippen molar-refractivity contribution >= 4 is 45.0 Å². The first-order valence-electron chi connectivity index (χ1n) is 10.3. The van der Waals surface area contributed by atoms with Gasteiger partial charge in [0.25, 0.3) is 5.91 Å². The summed E-state index contributed by atoms with van der Waals surface area (Å²) in [5, 5.41) is 5.21. The van der Waals surface area contributed by atoms with Gasteiger partial charge in [0.05, 0.1) is 33.4 Å². The fraction of sp³-hybridized carbons (Fsp3) is 0.292. The van der Waals surface area contributed by atoms with Crippen molar-refractivity contribution in [1.82, 2.24) is 19.7 Å². The Hall–Kier alpha value is -2.74. The molecule has 0 fully saturated rings. The number of anilines is 1. The molecule has 0 radical (unpaired) electrons. The van der Waals surface area contributed by atoms with E-state index in [1.807, 2.05) is 56.0 Å². The lowest BCUT2D eigenvalue weighted by atomic mass is 10.1. The minimum atomic E-state index is -0.0741. The lowest BCUT2D eigenvalue weighted by Gasteiger charge is -2.21. The van der Waals surface area contributed by atoms with E-state index in [1.165, 1.54) is 11.1 Å². The molecule has 1 amide bonds. The molecule has 4 rings (SSSR count). The summed E-state index contributed by atoms with van der Waals surface area (Å²) in [6.07, 6.45) is 1.66. The van der Waals surface area contributed by atoms with Gasteiger partial charge >= 0.3 is 0 Å². The fourth-order valence-electron chi connectivity index (χ4n) is 3.66. The van der Waals surface area contributed by atoms with Gasteiger partial charge in [0.15, 0.2) is 5.13 Å². The number of aryl methyl sites for hydroxylation is 2. The first-order valence-corrected chi connectivity index (χ1v) is 11.1. The standard InChI is InChI=1S/C24H27N5OS.ClH/c1-16-13-17(2)22-21(14-16)26-24(31-22)28(12-11-27(4)5)23(30)20-15-25-29(18(20)3)19-9-7-6-8-10-19;/h6-10,13-15H,11-12H2,1-5H3;1H. The molecule has 0 saturated heterocycles. The molecule has 0 aliphatic rings. The molecule has 2 aromatic carbocycles. The van der Waals surface area contributed by atoms with Crippen LogP contribution in [-0.4, -0.2) is 52.8 Å². The van der Waals surface area contributed by atoms with E-state index in [1.54, 1.807) is 22.4 Å². The van der Waals surface area contributed by atoms with Gasteiger partial charge in [-0.15, -0.1) is 12.4 Å². The summed E-state index contributed by atoms with van der Waals surface area (Å²) in [6, 6.07) is 14.1. The third-order valence-corrected chi connectivity index (χ3v) is 6.53. The Kier molecular flexibility index (Phi) is 7.33. The van der Waals surface area contributed by atoms with Crippen molar-refractivity contribution in [3.63, 3.8) is 0 Å². The monoisotopic (exact) mass is 469 g/mol. The van der Waals surface area contributed by atoms with Gasteiger partial charge in [-0.05, 0) is 64.2 Å². The van der Waals surface area contributed by atoms with E-state index in [9.17, 15) is 4.79 Å². The number of benzene rings is 2. The molecule has 2 aromatic heterocycles. The molecule has 0 saturated carbocycles. The number of carbonyl (C=O) groups excluding carboxylic acids is 1. The zero-order valence-corrected chi connectivity index (χ0v) is 20.6. The molecule has 168 valence electrons. The van der Waals surface area contributed by atoms with E-state index in [0.29, 0.717) is 12.1 Å². The Morgan fingerprint density at radius 1 is 1.06 bits per heavy atom. The van der Waals surface area contributed by atoms with Gasteiger partial charge < -0.3 is 4.90 Å². The number of para-hydroxylation sites is 1. The Bertz CT molecular complexity index is 1230. The summed E-state index contributed by atoms with van der Waals surface area (Å²) < 4.78 is 2.93. The minimum Gasteiger partial charge on any atom is -0.308 e. The number of amides is 1. The Balaban J connectivity index is 0.00000289. The highest BCUT2D eigenvalue weighted by Crippen LogP contribution is 2.33. The molecule has 0 N–H and O–H groups in total. The third kappa shape index (κ3) is 4.70. The van der Waals surface area contributed by atoms with Crippen LogP contribution in [0.4, 0.5) is 5.13 Å². The second-order valence-electron chi connectivity index (χ2n) is 8.08. The number of thiazole rings is 1. The second-order valence-corrected chi connectivity index (χ2v) is 9.06. The molecule has 0 aliphatic carbocycles. The predicted molar refractivity (Wildman–Crippen MR) is 135 cm³/mol. The zero-order chi connectivity index (χ0) is 22.1. The van der Waals surface area contributed by atoms with E-state index >= 15 is 0 Å². The topological polar surface area (TPSA) is 54.3 Å². The van der Waals surface area contributed by atoms with E-state index in [-0.39, 0.29) is 18.3 Å². The van der Waals surface area contributed by atoms with E-state index in [2.05, 4.69) is 36.0 Å². The number of nitrogens with zero attached hydrogens (tertiary/aromatic N) is 5. The molecule has 0 spiro atoms. The maximum Gasteiger partial charge on any atom is 0.263 e. The van der Waals surface area contributed by atoms with Crippen molar-refractivity contribution in [3.8, 4) is 5.69 Å². The number of rotatable bonds is 6. The molecule has 6 nitrogen and oxygen atoms in total. The van der Waals surface area contributed by atoms with Crippen molar-refractivity contribution in [2.24, 2.45) is 0 Å². The molecule has 8 heteroatoms. The van der Waals surface area contributed by atoms with Crippen molar-refractivity contribution in [3.05, 3.63) is 71.0 Å². The van der Waals surface area contributed by atoms with Crippen molar-refractivity contribution in [2.45, 2.75) is 20.8 Å². The van der Waals surface area contributed by atoms with Gasteiger partial charge in [-0.25, -0.2) is 9.67 Å². The highest BCUT2D eigenvalue weighted by Gasteiger charge is 2.25. The van der Waals surface area contributed by atoms with E-state index in [0.717, 1.165) is 33.3 Å². The molecular formula is C24H28ClN5OS. The van der Waals surface area contributed by atoms with Crippen LogP contribution in [0.15, 0.2) is 48.7 Å². The molecule has 0 unspecified atom stereocenters. The normalized spacial score (nSPS) is 11.1. The summed E-state index contributed by atoms with van der Waals surface area (Å²) in [6.45, 7) is 7.40. The summed E-state index contributed by atoms with van der Waals surface area (Å²) >= 11 is 1.57. The van der Waals surface area contributed by atoms with Crippen LogP contribution in [0.25, 0.3) is 15.9 Å². The number of fused-ring (bicyclic) bond motifs is 1. The van der Waals surface area contributed by atoms with Crippen LogP contribution in [-0.2, 0) is 0 Å². The number of likely N-dealkylation sites (N-methyl/N-ethyl adjacent to an activating group) is 1. The lowest BCUT2D eigenvalue weighted by molar-refractivity contribution is 0.0984. The van der Waals surface area contributed by atoms with Crippen LogP contribution in [0.1, 0.15) is 27.2 Å². The first-order chi connectivity index (χ1) is 14.8. The van der Waals surface area contributed by atoms with Crippen LogP contribution in [0.5, 0.6) is 0 Å². The Labute approximate surface area is 198 Å². The van der Waals surface area contributed by atoms with Crippen LogP contribution < -0.4 is 4.90 Å². The van der Waals surface area contributed by atoms with Gasteiger partial charge in [-0.2, -0.15) is 5.10 Å². The summed E-state index contributed by atoms with van der Waals surface area (Å²) in [5.41, 5.74) is 5.65. The van der Waals surface area contributed by atoms with E-state index in [4.69, 9.17) is 4.98 Å². The van der Waals surface area contributed by atoms with Gasteiger partial charge in [0, 0.05) is 13.1 Å². The highest BCUT2D eigenvalue weighted by molar-refractivity contribution is 7.22. The average Bonchev–Trinajstić information content (AvgIpc) is 3.32. The largest absolute Gasteiger partial charge is 0.308 e. The SMILES string of the molecule is Cc1cc(C)c2sc(N(CCN(C)C)C(=O)c3cnn(-c4ccccc4)c3C)nc2c1.Cl. The fourth-order valence-corrected chi connectivity index (χ4v) is 4.70. The molecule has 0 atom stereocenters. The van der Waals surface area contributed by atoms with Crippen LogP contribution in [0, 0.1) is 20.8 Å². The third-order valence-electron chi connectivity index (χ3n) is 5.30. The molecular weight excluding hydrogens is 442 g/mol. The molecule has 4 aromatic rings. The van der Waals surface area contributed by atoms with Crippen LogP contribution >= 0.6 is 23.7 Å². The van der Waals surface area contributed by atoms with Crippen molar-refractivity contribution < 1.29 is 4.79 Å². The number of hydrogen-bond acceptors (Lipinski definition) is 5. The second kappa shape index (κ2) is 9.81. The summed E-state index contributed by atoms with van der Waals surface area (Å²) in [7, 11) is 4.01. The molecule has 0 aliphatic heterocycles. The maximum atomic E-state index is 13.7. The quantitative estimate of drug-likeness (QED) is 0.397. The van der Waals surface area contributed by atoms with Crippen molar-refractivity contribution in [2.75, 3.05) is 32.1 Å². The van der Waals surface area contributed by atoms with Crippen molar-refractivity contribution in [1.29, 1.82) is 0 Å². The van der Waals surface area contributed by atoms with E-state index < -0.39 is 0 Å². The molecule has 0 bridgehead atoms. The van der Waals surface area contributed by atoms with Gasteiger partial charge in [0.1, 0.15) is 0 Å². The van der Waals surface area contributed by atoms with Crippen LogP contribution in [0.2, 0.25) is 0 Å². The first kappa shape index (κ1) is 23.9. The maximum absolute atomic E-state index is 13.7. The van der Waals surface area contributed by atoms with Gasteiger partial charge in [-0.3, -0.25) is 9.69 Å². The summed E-state index contributed by atoms with van der Waals surface area (Å²) in [5.74, 6) is -0.0741. The van der Waals surface area contributed by atoms with Gasteiger partial charge in [0.2, 0.25) is 0 Å². The molecule has 32 heavy (non-hydrogen) atoms. The average molecular weight is 470 g/mol. The number of carbonyl (C=O) groups is 1. The van der Waals surface area contributed by atoms with Crippen LogP contribution in [0.3, 0.4) is 0 Å². The smallest absolute Gasteiger partial charge is 0.263 e. The number of hydrogen-bond donors (Lipinski definition) is 0. The predicted octanol–water partition coefficient (Wildman–Crippen LogP) is 5.04. The lowest BCUT2D eigenvalue weighted by Crippen LogP contribution is -2.37. The van der Waals surface area contributed by atoms with Gasteiger partial charge in [-0.1, -0.05) is 35.6 Å². The Morgan fingerprint density at radius 2 is 1.78 bits per heavy atom. The molecule has 2 heterocycles. The highest BCUT2D eigenvalue weighted by atomic mass is 35.5. The minimum absolute atomic E-state index is 0. The number of aromatic nitrogens is 3. The summed E-state index contributed by atoms with van der Waals surface area (Å²) in [4.78, 5) is 22.4. The Morgan fingerprint density at radius 3 is 2.47 bits per heavy atom.